The van der Waals surface area contributed by atoms with Gasteiger partial charge in [0.2, 0.25) is 0 Å². The van der Waals surface area contributed by atoms with Crippen molar-refractivity contribution in [2.75, 3.05) is 26.2 Å². The highest BCUT2D eigenvalue weighted by Crippen LogP contribution is 2.24. The fourth-order valence-electron chi connectivity index (χ4n) is 4.55. The Bertz CT molecular complexity index is 1160. The molecule has 1 aliphatic heterocycles. The lowest BCUT2D eigenvalue weighted by molar-refractivity contribution is -0.00804. The molecule has 2 N–H and O–H groups in total. The molecule has 0 unspecified atom stereocenters. The molecule has 1 aliphatic rings. The number of amides is 3. The molecule has 3 amide bonds. The molecule has 1 fully saturated rings. The van der Waals surface area contributed by atoms with E-state index in [0.29, 0.717) is 25.2 Å². The Morgan fingerprint density at radius 2 is 1.74 bits per heavy atom. The summed E-state index contributed by atoms with van der Waals surface area (Å²) >= 11 is 0. The van der Waals surface area contributed by atoms with Gasteiger partial charge in [0.1, 0.15) is 5.60 Å². The van der Waals surface area contributed by atoms with Gasteiger partial charge in [-0.2, -0.15) is 0 Å². The van der Waals surface area contributed by atoms with Gasteiger partial charge in [0.15, 0.2) is 11.4 Å². The van der Waals surface area contributed by atoms with Crippen LogP contribution in [0.5, 0.6) is 0 Å². The molecule has 39 heavy (non-hydrogen) atoms. The van der Waals surface area contributed by atoms with Crippen molar-refractivity contribution in [2.45, 2.75) is 72.1 Å². The van der Waals surface area contributed by atoms with Crippen molar-refractivity contribution in [3.8, 4) is 0 Å². The normalized spacial score (nSPS) is 16.8. The van der Waals surface area contributed by atoms with Crippen LogP contribution in [0.15, 0.2) is 36.4 Å². The summed E-state index contributed by atoms with van der Waals surface area (Å²) in [6, 6.07) is 9.98. The molecule has 0 radical (unpaired) electrons. The Morgan fingerprint density at radius 1 is 1.08 bits per heavy atom. The number of hydrogen-bond donors (Lipinski definition) is 2. The second-order valence-electron chi connectivity index (χ2n) is 11.5. The molecular formula is C29H41N5O5. The van der Waals surface area contributed by atoms with Gasteiger partial charge in [-0.1, -0.05) is 58.0 Å². The van der Waals surface area contributed by atoms with Crippen LogP contribution in [-0.2, 0) is 4.74 Å². The zero-order valence-corrected chi connectivity index (χ0v) is 24.0. The first kappa shape index (κ1) is 30.0. The minimum absolute atomic E-state index is 0.0978. The summed E-state index contributed by atoms with van der Waals surface area (Å²) in [6.07, 6.45) is -0.387. The minimum Gasteiger partial charge on any atom is -0.444 e. The number of piperazine rings is 1. The van der Waals surface area contributed by atoms with Gasteiger partial charge < -0.3 is 25.0 Å². The number of aliphatic hydroxyl groups is 1. The Balaban J connectivity index is 1.79. The van der Waals surface area contributed by atoms with E-state index in [1.165, 1.54) is 0 Å². The van der Waals surface area contributed by atoms with E-state index in [4.69, 9.17) is 4.74 Å². The van der Waals surface area contributed by atoms with Crippen LogP contribution in [0, 0.1) is 5.92 Å². The van der Waals surface area contributed by atoms with Gasteiger partial charge in [-0.05, 0) is 49.8 Å². The lowest BCUT2D eigenvalue weighted by atomic mass is 9.98. The van der Waals surface area contributed by atoms with E-state index in [0.717, 1.165) is 5.56 Å². The number of nitrogens with zero attached hydrogens (tertiary/aromatic N) is 4. The molecule has 10 heteroatoms. The number of aromatic nitrogens is 2. The third kappa shape index (κ3) is 7.53. The quantitative estimate of drug-likeness (QED) is 0.549. The Morgan fingerprint density at radius 3 is 2.31 bits per heavy atom. The highest BCUT2D eigenvalue weighted by molar-refractivity contribution is 5.96. The van der Waals surface area contributed by atoms with Crippen molar-refractivity contribution in [3.63, 3.8) is 0 Å². The van der Waals surface area contributed by atoms with Crippen LogP contribution in [0.4, 0.5) is 4.79 Å². The van der Waals surface area contributed by atoms with Crippen LogP contribution in [0.2, 0.25) is 0 Å². The molecule has 0 aliphatic carbocycles. The lowest BCUT2D eigenvalue weighted by Gasteiger charge is -2.43. The first-order chi connectivity index (χ1) is 18.3. The molecule has 3 rings (SSSR count). The molecule has 0 saturated carbocycles. The van der Waals surface area contributed by atoms with E-state index in [9.17, 15) is 19.5 Å². The molecule has 1 aromatic carbocycles. The van der Waals surface area contributed by atoms with Crippen molar-refractivity contribution in [1.82, 2.24) is 25.3 Å². The average Bonchev–Trinajstić information content (AvgIpc) is 2.89. The molecular weight excluding hydrogens is 498 g/mol. The van der Waals surface area contributed by atoms with E-state index < -0.39 is 17.6 Å². The second-order valence-corrected chi connectivity index (χ2v) is 11.5. The van der Waals surface area contributed by atoms with Crippen LogP contribution < -0.4 is 5.32 Å². The van der Waals surface area contributed by atoms with Gasteiger partial charge in [0.05, 0.1) is 18.7 Å². The topological polar surface area (TPSA) is 125 Å². The predicted octanol–water partition coefficient (Wildman–Crippen LogP) is 3.78. The van der Waals surface area contributed by atoms with E-state index >= 15 is 0 Å². The summed E-state index contributed by atoms with van der Waals surface area (Å²) in [7, 11) is 0. The van der Waals surface area contributed by atoms with Gasteiger partial charge in [-0.3, -0.25) is 9.59 Å². The maximum atomic E-state index is 13.5. The standard InChI is InChI=1S/C29H41N5O5/c1-18(2)21-15-22(31-32-25(21)26(36)30-23(17-35)20-11-9-8-10-12-20)27(37)33-13-14-34(24(16-33)19(3)4)28(38)39-29(5,6)7/h8-12,15,18-19,23-24,35H,13-14,16-17H2,1-7H3,(H,30,36)/t23-,24+/m0/s1. The van der Waals surface area contributed by atoms with Gasteiger partial charge in [-0.15, -0.1) is 10.2 Å². The number of ether oxygens (including phenoxy) is 1. The Hall–Kier alpha value is -3.53. The van der Waals surface area contributed by atoms with Gasteiger partial charge >= 0.3 is 6.09 Å². The first-order valence-electron chi connectivity index (χ1n) is 13.5. The molecule has 2 heterocycles. The summed E-state index contributed by atoms with van der Waals surface area (Å²) in [5, 5.41) is 21.0. The van der Waals surface area contributed by atoms with E-state index in [1.54, 1.807) is 15.9 Å². The third-order valence-electron chi connectivity index (χ3n) is 6.67. The molecule has 2 atom stereocenters. The number of carbonyl (C=O) groups is 3. The molecule has 0 bridgehead atoms. The molecule has 2 aromatic rings. The van der Waals surface area contributed by atoms with Crippen molar-refractivity contribution >= 4 is 17.9 Å². The van der Waals surface area contributed by atoms with Crippen molar-refractivity contribution < 1.29 is 24.2 Å². The van der Waals surface area contributed by atoms with E-state index in [1.807, 2.05) is 78.8 Å². The summed E-state index contributed by atoms with van der Waals surface area (Å²) in [6.45, 7) is 14.1. The lowest BCUT2D eigenvalue weighted by Crippen LogP contribution is -2.59. The van der Waals surface area contributed by atoms with Gasteiger partial charge in [0, 0.05) is 19.6 Å². The fraction of sp³-hybridized carbons (Fsp3) is 0.552. The highest BCUT2D eigenvalue weighted by atomic mass is 16.6. The molecule has 1 saturated heterocycles. The summed E-state index contributed by atoms with van der Waals surface area (Å²) < 4.78 is 5.59. The average molecular weight is 540 g/mol. The molecule has 1 aromatic heterocycles. The Kier molecular flexibility index (Phi) is 9.66. The zero-order valence-electron chi connectivity index (χ0n) is 24.0. The fourth-order valence-corrected chi connectivity index (χ4v) is 4.55. The number of rotatable bonds is 7. The zero-order chi connectivity index (χ0) is 28.9. The van der Waals surface area contributed by atoms with Gasteiger partial charge in [0.25, 0.3) is 11.8 Å². The minimum atomic E-state index is -0.610. The highest BCUT2D eigenvalue weighted by Gasteiger charge is 2.37. The summed E-state index contributed by atoms with van der Waals surface area (Å²) in [4.78, 5) is 42.8. The Labute approximate surface area is 230 Å². The first-order valence-corrected chi connectivity index (χ1v) is 13.5. The van der Waals surface area contributed by atoms with Crippen LogP contribution in [0.25, 0.3) is 0 Å². The van der Waals surface area contributed by atoms with Crippen molar-refractivity contribution in [1.29, 1.82) is 0 Å². The van der Waals surface area contributed by atoms with Crippen LogP contribution in [0.1, 0.15) is 92.5 Å². The van der Waals surface area contributed by atoms with Crippen LogP contribution in [-0.4, -0.2) is 80.9 Å². The predicted molar refractivity (Wildman–Crippen MR) is 147 cm³/mol. The largest absolute Gasteiger partial charge is 0.444 e. The van der Waals surface area contributed by atoms with Crippen molar-refractivity contribution in [3.05, 3.63) is 58.9 Å². The number of hydrogen-bond acceptors (Lipinski definition) is 7. The SMILES string of the molecule is CC(C)c1cc(C(=O)N2CCN(C(=O)OC(C)(C)C)[C@@H](C(C)C)C2)nnc1C(=O)N[C@@H](CO)c1ccccc1. The molecule has 212 valence electrons. The molecule has 10 nitrogen and oxygen atoms in total. The van der Waals surface area contributed by atoms with Crippen LogP contribution in [0.3, 0.4) is 0 Å². The smallest absolute Gasteiger partial charge is 0.410 e. The van der Waals surface area contributed by atoms with Crippen LogP contribution >= 0.6 is 0 Å². The monoisotopic (exact) mass is 539 g/mol. The second kappa shape index (κ2) is 12.5. The summed E-state index contributed by atoms with van der Waals surface area (Å²) in [5.41, 5.74) is 1.00. The summed E-state index contributed by atoms with van der Waals surface area (Å²) in [5.74, 6) is -0.785. The number of aliphatic hydroxyl groups excluding tert-OH is 1. The maximum absolute atomic E-state index is 13.5. The van der Waals surface area contributed by atoms with Gasteiger partial charge in [-0.25, -0.2) is 4.79 Å². The van der Waals surface area contributed by atoms with E-state index in [2.05, 4.69) is 15.5 Å². The van der Waals surface area contributed by atoms with E-state index in [-0.39, 0.29) is 47.9 Å². The maximum Gasteiger partial charge on any atom is 0.410 e. The third-order valence-corrected chi connectivity index (χ3v) is 6.67. The van der Waals surface area contributed by atoms with Crippen molar-refractivity contribution in [2.24, 2.45) is 5.92 Å². The number of nitrogens with one attached hydrogen (secondary N) is 1. The number of benzene rings is 1. The molecule has 0 spiro atoms. The number of carbonyl (C=O) groups excluding carboxylic acids is 3.